The second kappa shape index (κ2) is 8.53. The number of rotatable bonds is 8. The summed E-state index contributed by atoms with van der Waals surface area (Å²) in [5.74, 6) is 0.501. The molecule has 0 aliphatic rings. The van der Waals surface area contributed by atoms with E-state index in [0.717, 1.165) is 11.1 Å². The number of aliphatic hydroxyl groups excluding tert-OH is 1. The Morgan fingerprint density at radius 1 is 0.870 bits per heavy atom. The van der Waals surface area contributed by atoms with Crippen molar-refractivity contribution < 1.29 is 15.3 Å². The third-order valence-electron chi connectivity index (χ3n) is 3.70. The molecule has 0 spiro atoms. The number of phenolic OH excluding ortho intramolecular Hbond substituents is 2. The van der Waals surface area contributed by atoms with Gasteiger partial charge in [0.2, 0.25) is 0 Å². The number of hydrogen-bond acceptors (Lipinski definition) is 5. The standard InChI is InChI=1S/C18H24N2O3/c1-13(15-4-8-17(22)9-5-15)20-12-18(23)11-19-10-14-2-6-16(21)7-3-14/h2-9,13,18-23H,10-12H2,1H3. The van der Waals surface area contributed by atoms with Crippen LogP contribution in [-0.2, 0) is 6.54 Å². The van der Waals surface area contributed by atoms with Gasteiger partial charge in [-0.2, -0.15) is 0 Å². The van der Waals surface area contributed by atoms with Crippen molar-refractivity contribution in [2.45, 2.75) is 25.6 Å². The molecule has 0 amide bonds. The van der Waals surface area contributed by atoms with Crippen LogP contribution in [0.3, 0.4) is 0 Å². The van der Waals surface area contributed by atoms with Crippen molar-refractivity contribution in [3.8, 4) is 11.5 Å². The number of benzene rings is 2. The van der Waals surface area contributed by atoms with Crippen LogP contribution in [0.4, 0.5) is 0 Å². The van der Waals surface area contributed by atoms with Gasteiger partial charge in [-0.25, -0.2) is 0 Å². The summed E-state index contributed by atoms with van der Waals surface area (Å²) in [5, 5.41) is 35.0. The summed E-state index contributed by atoms with van der Waals surface area (Å²) in [6.07, 6.45) is -0.494. The van der Waals surface area contributed by atoms with Gasteiger partial charge in [0.15, 0.2) is 0 Å². The lowest BCUT2D eigenvalue weighted by molar-refractivity contribution is 0.164. The lowest BCUT2D eigenvalue weighted by atomic mass is 10.1. The molecule has 0 bridgehead atoms. The monoisotopic (exact) mass is 316 g/mol. The fourth-order valence-electron chi connectivity index (χ4n) is 2.26. The van der Waals surface area contributed by atoms with Gasteiger partial charge in [-0.15, -0.1) is 0 Å². The molecule has 2 rings (SSSR count). The first-order valence-corrected chi connectivity index (χ1v) is 7.73. The van der Waals surface area contributed by atoms with Crippen molar-refractivity contribution in [3.63, 3.8) is 0 Å². The van der Waals surface area contributed by atoms with E-state index in [9.17, 15) is 15.3 Å². The molecule has 5 N–H and O–H groups in total. The average Bonchev–Trinajstić information content (AvgIpc) is 2.55. The number of nitrogens with one attached hydrogen (secondary N) is 2. The van der Waals surface area contributed by atoms with Crippen molar-refractivity contribution in [2.24, 2.45) is 0 Å². The summed E-state index contributed by atoms with van der Waals surface area (Å²) in [7, 11) is 0. The zero-order chi connectivity index (χ0) is 16.7. The fraction of sp³-hybridized carbons (Fsp3) is 0.333. The van der Waals surface area contributed by atoms with Crippen LogP contribution in [-0.4, -0.2) is 34.5 Å². The Labute approximate surface area is 136 Å². The SMILES string of the molecule is CC(NCC(O)CNCc1ccc(O)cc1)c1ccc(O)cc1. The first kappa shape index (κ1) is 17.3. The molecule has 0 aliphatic heterocycles. The van der Waals surface area contributed by atoms with E-state index in [4.69, 9.17) is 0 Å². The van der Waals surface area contributed by atoms with Gasteiger partial charge in [-0.3, -0.25) is 0 Å². The molecule has 2 atom stereocenters. The highest BCUT2D eigenvalue weighted by atomic mass is 16.3. The summed E-state index contributed by atoms with van der Waals surface area (Å²) >= 11 is 0. The van der Waals surface area contributed by atoms with Gasteiger partial charge in [0, 0.05) is 25.7 Å². The highest BCUT2D eigenvalue weighted by Gasteiger charge is 2.08. The van der Waals surface area contributed by atoms with Crippen molar-refractivity contribution in [2.75, 3.05) is 13.1 Å². The van der Waals surface area contributed by atoms with E-state index in [1.165, 1.54) is 0 Å². The fourth-order valence-corrected chi connectivity index (χ4v) is 2.26. The predicted octanol–water partition coefficient (Wildman–Crippen LogP) is 1.90. The van der Waals surface area contributed by atoms with Crippen LogP contribution in [0, 0.1) is 0 Å². The molecule has 5 heteroatoms. The third kappa shape index (κ3) is 5.90. The van der Waals surface area contributed by atoms with Gasteiger partial charge < -0.3 is 26.0 Å². The molecule has 2 unspecified atom stereocenters. The first-order chi connectivity index (χ1) is 11.0. The number of aliphatic hydroxyl groups is 1. The zero-order valence-corrected chi connectivity index (χ0v) is 13.2. The van der Waals surface area contributed by atoms with E-state index in [0.29, 0.717) is 19.6 Å². The molecule has 2 aromatic carbocycles. The van der Waals surface area contributed by atoms with Gasteiger partial charge in [0.25, 0.3) is 0 Å². The number of phenols is 2. The molecule has 0 saturated heterocycles. The van der Waals surface area contributed by atoms with Gasteiger partial charge in [0.05, 0.1) is 6.10 Å². The minimum absolute atomic E-state index is 0.0994. The average molecular weight is 316 g/mol. The molecule has 0 saturated carbocycles. The van der Waals surface area contributed by atoms with Crippen molar-refractivity contribution in [1.82, 2.24) is 10.6 Å². The molecular formula is C18H24N2O3. The van der Waals surface area contributed by atoms with E-state index in [2.05, 4.69) is 10.6 Å². The van der Waals surface area contributed by atoms with Crippen LogP contribution in [0.5, 0.6) is 11.5 Å². The van der Waals surface area contributed by atoms with Crippen molar-refractivity contribution in [1.29, 1.82) is 0 Å². The highest BCUT2D eigenvalue weighted by Crippen LogP contribution is 2.16. The lowest BCUT2D eigenvalue weighted by Gasteiger charge is -2.18. The van der Waals surface area contributed by atoms with E-state index in [-0.39, 0.29) is 17.5 Å². The maximum absolute atomic E-state index is 10.0. The van der Waals surface area contributed by atoms with E-state index in [1.54, 1.807) is 24.3 Å². The van der Waals surface area contributed by atoms with Gasteiger partial charge >= 0.3 is 0 Å². The first-order valence-electron chi connectivity index (χ1n) is 7.73. The van der Waals surface area contributed by atoms with Crippen LogP contribution < -0.4 is 10.6 Å². The quantitative estimate of drug-likeness (QED) is 0.514. The van der Waals surface area contributed by atoms with Crippen molar-refractivity contribution >= 4 is 0 Å². The summed E-state index contributed by atoms with van der Waals surface area (Å²) in [6.45, 7) is 3.62. The molecule has 124 valence electrons. The molecule has 23 heavy (non-hydrogen) atoms. The molecule has 0 fully saturated rings. The largest absolute Gasteiger partial charge is 0.508 e. The Kier molecular flexibility index (Phi) is 6.40. The summed E-state index contributed by atoms with van der Waals surface area (Å²) < 4.78 is 0. The van der Waals surface area contributed by atoms with E-state index >= 15 is 0 Å². The lowest BCUT2D eigenvalue weighted by Crippen LogP contribution is -2.36. The summed E-state index contributed by atoms with van der Waals surface area (Å²) in [6, 6.07) is 14.1. The topological polar surface area (TPSA) is 84.8 Å². The summed E-state index contributed by atoms with van der Waals surface area (Å²) in [5.41, 5.74) is 2.12. The van der Waals surface area contributed by atoms with Gasteiger partial charge in [0.1, 0.15) is 11.5 Å². The zero-order valence-electron chi connectivity index (χ0n) is 13.2. The molecule has 0 heterocycles. The Morgan fingerprint density at radius 3 is 2.04 bits per heavy atom. The Balaban J connectivity index is 1.67. The van der Waals surface area contributed by atoms with Crippen LogP contribution in [0.15, 0.2) is 48.5 Å². The minimum Gasteiger partial charge on any atom is -0.508 e. The minimum atomic E-state index is -0.494. The van der Waals surface area contributed by atoms with Gasteiger partial charge in [-0.05, 0) is 42.3 Å². The van der Waals surface area contributed by atoms with Crippen LogP contribution in [0.2, 0.25) is 0 Å². The Bertz CT molecular complexity index is 584. The molecule has 0 radical (unpaired) electrons. The number of hydrogen-bond donors (Lipinski definition) is 5. The van der Waals surface area contributed by atoms with Crippen molar-refractivity contribution in [3.05, 3.63) is 59.7 Å². The Hall–Kier alpha value is -2.08. The molecule has 5 nitrogen and oxygen atoms in total. The molecule has 0 aliphatic carbocycles. The molecular weight excluding hydrogens is 292 g/mol. The maximum Gasteiger partial charge on any atom is 0.115 e. The molecule has 0 aromatic heterocycles. The van der Waals surface area contributed by atoms with Crippen LogP contribution >= 0.6 is 0 Å². The normalized spacial score (nSPS) is 13.7. The van der Waals surface area contributed by atoms with Gasteiger partial charge in [-0.1, -0.05) is 24.3 Å². The van der Waals surface area contributed by atoms with Crippen LogP contribution in [0.25, 0.3) is 0 Å². The van der Waals surface area contributed by atoms with Crippen LogP contribution in [0.1, 0.15) is 24.1 Å². The summed E-state index contributed by atoms with van der Waals surface area (Å²) in [4.78, 5) is 0. The number of aromatic hydroxyl groups is 2. The second-order valence-electron chi connectivity index (χ2n) is 5.67. The third-order valence-corrected chi connectivity index (χ3v) is 3.70. The van der Waals surface area contributed by atoms with E-state index in [1.807, 2.05) is 31.2 Å². The predicted molar refractivity (Wildman–Crippen MR) is 90.3 cm³/mol. The molecule has 2 aromatic rings. The maximum atomic E-state index is 10.0. The smallest absolute Gasteiger partial charge is 0.115 e. The Morgan fingerprint density at radius 2 is 1.43 bits per heavy atom. The van der Waals surface area contributed by atoms with E-state index < -0.39 is 6.10 Å². The highest BCUT2D eigenvalue weighted by molar-refractivity contribution is 5.27. The second-order valence-corrected chi connectivity index (χ2v) is 5.67.